The van der Waals surface area contributed by atoms with E-state index in [9.17, 15) is 4.79 Å². The zero-order valence-electron chi connectivity index (χ0n) is 10.2. The third-order valence-corrected chi connectivity index (χ3v) is 3.98. The molecule has 94 valence electrons. The summed E-state index contributed by atoms with van der Waals surface area (Å²) in [6.07, 6.45) is 4.12. The van der Waals surface area contributed by atoms with Gasteiger partial charge in [-0.25, -0.2) is 0 Å². The Labute approximate surface area is 110 Å². The summed E-state index contributed by atoms with van der Waals surface area (Å²) in [4.78, 5) is 13.2. The zero-order valence-corrected chi connectivity index (χ0v) is 11.1. The molecule has 0 aromatic carbocycles. The van der Waals surface area contributed by atoms with Crippen molar-refractivity contribution in [3.8, 4) is 6.07 Å². The number of aryl methyl sites for hydroxylation is 1. The second-order valence-corrected chi connectivity index (χ2v) is 5.33. The second-order valence-electron chi connectivity index (χ2n) is 4.28. The van der Waals surface area contributed by atoms with Crippen LogP contribution in [0.1, 0.15) is 33.0 Å². The average Bonchev–Trinajstić information content (AvgIpc) is 2.78. The lowest BCUT2D eigenvalue weighted by Crippen LogP contribution is -2.27. The monoisotopic (exact) mass is 261 g/mol. The van der Waals surface area contributed by atoms with Crippen LogP contribution in [0.15, 0.2) is 17.8 Å². The van der Waals surface area contributed by atoms with Gasteiger partial charge in [0.15, 0.2) is 0 Å². The van der Waals surface area contributed by atoms with E-state index in [-0.39, 0.29) is 5.91 Å². The normalized spacial score (nSPS) is 14.3. The van der Waals surface area contributed by atoms with E-state index < -0.39 is 0 Å². The number of nitriles is 1. The van der Waals surface area contributed by atoms with E-state index in [1.165, 1.54) is 16.9 Å². The molecule has 0 unspecified atom stereocenters. The highest BCUT2D eigenvalue weighted by molar-refractivity contribution is 7.14. The van der Waals surface area contributed by atoms with Gasteiger partial charge in [-0.2, -0.15) is 5.26 Å². The van der Waals surface area contributed by atoms with Crippen molar-refractivity contribution in [2.24, 2.45) is 0 Å². The van der Waals surface area contributed by atoms with E-state index in [4.69, 9.17) is 5.26 Å². The Kier molecular flexibility index (Phi) is 4.00. The minimum Gasteiger partial charge on any atom is -0.391 e. The molecule has 0 aliphatic carbocycles. The van der Waals surface area contributed by atoms with Crippen LogP contribution in [0, 0.1) is 18.3 Å². The minimum absolute atomic E-state index is 0.0922. The van der Waals surface area contributed by atoms with Crippen LogP contribution in [0.25, 0.3) is 0 Å². The first-order valence-corrected chi connectivity index (χ1v) is 6.72. The summed E-state index contributed by atoms with van der Waals surface area (Å²) in [7, 11) is 0. The molecule has 0 saturated heterocycles. The number of amides is 1. The van der Waals surface area contributed by atoms with Gasteiger partial charge < -0.3 is 10.6 Å². The second kappa shape index (κ2) is 5.69. The fourth-order valence-corrected chi connectivity index (χ4v) is 2.77. The van der Waals surface area contributed by atoms with Crippen molar-refractivity contribution in [1.29, 1.82) is 5.26 Å². The molecule has 18 heavy (non-hydrogen) atoms. The maximum atomic E-state index is 12.0. The van der Waals surface area contributed by atoms with Crippen molar-refractivity contribution in [3.05, 3.63) is 33.2 Å². The Morgan fingerprint density at radius 3 is 3.11 bits per heavy atom. The highest BCUT2D eigenvalue weighted by Gasteiger charge is 2.14. The van der Waals surface area contributed by atoms with E-state index in [1.807, 2.05) is 13.1 Å². The van der Waals surface area contributed by atoms with E-state index >= 15 is 0 Å². The van der Waals surface area contributed by atoms with Gasteiger partial charge in [-0.1, -0.05) is 0 Å². The smallest absolute Gasteiger partial charge is 0.261 e. The van der Waals surface area contributed by atoms with Crippen LogP contribution in [0.5, 0.6) is 0 Å². The molecule has 1 aromatic rings. The third kappa shape index (κ3) is 2.90. The van der Waals surface area contributed by atoms with Crippen molar-refractivity contribution in [2.75, 3.05) is 13.1 Å². The molecule has 0 saturated carbocycles. The van der Waals surface area contributed by atoms with Gasteiger partial charge in [0.2, 0.25) is 0 Å². The average molecular weight is 261 g/mol. The first-order valence-electron chi connectivity index (χ1n) is 5.90. The van der Waals surface area contributed by atoms with Crippen molar-refractivity contribution < 1.29 is 4.79 Å². The van der Waals surface area contributed by atoms with E-state index in [0.717, 1.165) is 24.9 Å². The van der Waals surface area contributed by atoms with Gasteiger partial charge in [-0.15, -0.1) is 11.3 Å². The molecule has 2 N–H and O–H groups in total. The number of hydrogen-bond acceptors (Lipinski definition) is 4. The number of nitrogens with zero attached hydrogens (tertiary/aromatic N) is 1. The summed E-state index contributed by atoms with van der Waals surface area (Å²) < 4.78 is 0. The Morgan fingerprint density at radius 2 is 2.50 bits per heavy atom. The van der Waals surface area contributed by atoms with Crippen molar-refractivity contribution in [1.82, 2.24) is 10.6 Å². The summed E-state index contributed by atoms with van der Waals surface area (Å²) in [6, 6.07) is 3.82. The van der Waals surface area contributed by atoms with Gasteiger partial charge in [0.25, 0.3) is 5.91 Å². The van der Waals surface area contributed by atoms with Gasteiger partial charge in [0, 0.05) is 13.1 Å². The fraction of sp³-hybridized carbons (Fsp3) is 0.385. The summed E-state index contributed by atoms with van der Waals surface area (Å²) >= 11 is 1.25. The number of carbonyl (C=O) groups is 1. The molecule has 0 radical (unpaired) electrons. The fourth-order valence-electron chi connectivity index (χ4n) is 1.88. The summed E-state index contributed by atoms with van der Waals surface area (Å²) in [6.45, 7) is 3.44. The molecule has 4 nitrogen and oxygen atoms in total. The Morgan fingerprint density at radius 1 is 1.67 bits per heavy atom. The summed E-state index contributed by atoms with van der Waals surface area (Å²) in [5.74, 6) is -0.0922. The van der Waals surface area contributed by atoms with Crippen molar-refractivity contribution in [2.45, 2.75) is 19.8 Å². The standard InChI is InChI=1S/C13H15N3OS/c1-9-5-11(6-14)18-12(9)13(17)16-8-10-3-2-4-15-7-10/h5,7,15H,2-4,8H2,1H3,(H,16,17). The molecule has 1 aromatic heterocycles. The molecular weight excluding hydrogens is 246 g/mol. The quantitative estimate of drug-likeness (QED) is 0.873. The number of thiophene rings is 1. The van der Waals surface area contributed by atoms with E-state index in [0.29, 0.717) is 16.3 Å². The SMILES string of the molecule is Cc1cc(C#N)sc1C(=O)NCC1=CNCCC1. The Hall–Kier alpha value is -1.80. The van der Waals surface area contributed by atoms with Gasteiger partial charge in [-0.3, -0.25) is 4.79 Å². The minimum atomic E-state index is -0.0922. The predicted octanol–water partition coefficient (Wildman–Crippen LogP) is 1.93. The maximum Gasteiger partial charge on any atom is 0.261 e. The zero-order chi connectivity index (χ0) is 13.0. The lowest BCUT2D eigenvalue weighted by molar-refractivity contribution is 0.0960. The van der Waals surface area contributed by atoms with Crippen LogP contribution < -0.4 is 10.6 Å². The van der Waals surface area contributed by atoms with Crippen LogP contribution in [-0.4, -0.2) is 19.0 Å². The Bertz CT molecular complexity index is 525. The molecular formula is C13H15N3OS. The maximum absolute atomic E-state index is 12.0. The molecule has 1 aliphatic rings. The van der Waals surface area contributed by atoms with Crippen molar-refractivity contribution >= 4 is 17.2 Å². The first-order chi connectivity index (χ1) is 8.70. The number of nitrogens with one attached hydrogen (secondary N) is 2. The van der Waals surface area contributed by atoms with Crippen molar-refractivity contribution in [3.63, 3.8) is 0 Å². The van der Waals surface area contributed by atoms with Crippen LogP contribution in [0.2, 0.25) is 0 Å². The van der Waals surface area contributed by atoms with Crippen LogP contribution in [0.3, 0.4) is 0 Å². The molecule has 0 spiro atoms. The van der Waals surface area contributed by atoms with E-state index in [1.54, 1.807) is 6.07 Å². The number of carbonyl (C=O) groups excluding carboxylic acids is 1. The molecule has 1 amide bonds. The highest BCUT2D eigenvalue weighted by Crippen LogP contribution is 2.21. The molecule has 0 atom stereocenters. The molecule has 2 rings (SSSR count). The van der Waals surface area contributed by atoms with Crippen LogP contribution >= 0.6 is 11.3 Å². The molecule has 0 bridgehead atoms. The van der Waals surface area contributed by atoms with Crippen LogP contribution in [0.4, 0.5) is 0 Å². The lowest BCUT2D eigenvalue weighted by Gasteiger charge is -2.14. The molecule has 1 aliphatic heterocycles. The van der Waals surface area contributed by atoms with Gasteiger partial charge in [-0.05, 0) is 43.2 Å². The van der Waals surface area contributed by atoms with Gasteiger partial charge in [0.1, 0.15) is 10.9 Å². The third-order valence-electron chi connectivity index (χ3n) is 2.84. The predicted molar refractivity (Wildman–Crippen MR) is 71.4 cm³/mol. The summed E-state index contributed by atoms with van der Waals surface area (Å²) in [5.41, 5.74) is 2.08. The lowest BCUT2D eigenvalue weighted by atomic mass is 10.1. The van der Waals surface area contributed by atoms with Gasteiger partial charge >= 0.3 is 0 Å². The largest absolute Gasteiger partial charge is 0.391 e. The summed E-state index contributed by atoms with van der Waals surface area (Å²) in [5, 5.41) is 14.9. The topological polar surface area (TPSA) is 64.9 Å². The van der Waals surface area contributed by atoms with Crippen LogP contribution in [-0.2, 0) is 0 Å². The van der Waals surface area contributed by atoms with E-state index in [2.05, 4.69) is 16.7 Å². The first kappa shape index (κ1) is 12.7. The molecule has 0 fully saturated rings. The number of rotatable bonds is 3. The Balaban J connectivity index is 1.97. The van der Waals surface area contributed by atoms with Gasteiger partial charge in [0.05, 0.1) is 4.88 Å². The molecule has 2 heterocycles. The number of hydrogen-bond donors (Lipinski definition) is 2. The highest BCUT2D eigenvalue weighted by atomic mass is 32.1. The molecule has 5 heteroatoms.